The molecule has 0 aliphatic carbocycles. The molecule has 2 rings (SSSR count). The van der Waals surface area contributed by atoms with Crippen molar-refractivity contribution < 1.29 is 33.6 Å². The van der Waals surface area contributed by atoms with Gasteiger partial charge in [0, 0.05) is 31.9 Å². The Hall–Kier alpha value is -2.55. The Morgan fingerprint density at radius 2 is 1.89 bits per heavy atom. The number of rotatable bonds is 14. The molecule has 1 aromatic heterocycles. The fourth-order valence-electron chi connectivity index (χ4n) is 5.19. The van der Waals surface area contributed by atoms with Crippen molar-refractivity contribution in [1.82, 2.24) is 9.88 Å². The number of aromatic nitrogens is 1. The average molecular weight is 537 g/mol. The van der Waals surface area contributed by atoms with Gasteiger partial charge in [0.25, 0.3) is 5.88 Å². The summed E-state index contributed by atoms with van der Waals surface area (Å²) in [6.45, 7) is 15.0. The first-order chi connectivity index (χ1) is 17.8. The number of amides is 1. The van der Waals surface area contributed by atoms with E-state index in [1.807, 2.05) is 40.7 Å². The summed E-state index contributed by atoms with van der Waals surface area (Å²) in [5.74, 6) is 1.04. The molecule has 1 amide bonds. The van der Waals surface area contributed by atoms with E-state index in [1.54, 1.807) is 20.4 Å². The Morgan fingerprint density at radius 1 is 1.21 bits per heavy atom. The van der Waals surface area contributed by atoms with E-state index in [0.717, 1.165) is 12.0 Å². The van der Waals surface area contributed by atoms with Gasteiger partial charge in [0.05, 0.1) is 25.7 Å². The van der Waals surface area contributed by atoms with Crippen molar-refractivity contribution >= 4 is 12.1 Å². The minimum absolute atomic E-state index is 0.109. The molecule has 0 bridgehead atoms. The minimum atomic E-state index is -1.01. The number of pyridine rings is 1. The van der Waals surface area contributed by atoms with E-state index >= 15 is 0 Å². The van der Waals surface area contributed by atoms with Gasteiger partial charge in [-0.15, -0.1) is 0 Å². The lowest BCUT2D eigenvalue weighted by molar-refractivity contribution is -0.148. The molecule has 216 valence electrons. The Labute approximate surface area is 228 Å². The summed E-state index contributed by atoms with van der Waals surface area (Å²) in [5.41, 5.74) is 0.316. The maximum absolute atomic E-state index is 12.7. The van der Waals surface area contributed by atoms with Crippen LogP contribution in [0, 0.1) is 23.7 Å². The van der Waals surface area contributed by atoms with Crippen LogP contribution in [0.5, 0.6) is 11.6 Å². The number of carbonyl (C=O) groups excluding carboxylic acids is 1. The van der Waals surface area contributed by atoms with E-state index in [0.29, 0.717) is 44.1 Å². The summed E-state index contributed by atoms with van der Waals surface area (Å²) in [5, 5.41) is 10.3. The van der Waals surface area contributed by atoms with Gasteiger partial charge in [-0.1, -0.05) is 27.7 Å². The van der Waals surface area contributed by atoms with Gasteiger partial charge in [0.2, 0.25) is 0 Å². The first kappa shape index (κ1) is 31.7. The van der Waals surface area contributed by atoms with Crippen molar-refractivity contribution in [3.8, 4) is 11.6 Å². The zero-order chi connectivity index (χ0) is 28.6. The van der Waals surface area contributed by atoms with E-state index in [-0.39, 0.29) is 29.6 Å². The van der Waals surface area contributed by atoms with Crippen LogP contribution in [0.3, 0.4) is 0 Å². The summed E-state index contributed by atoms with van der Waals surface area (Å²) >= 11 is 0. The van der Waals surface area contributed by atoms with E-state index in [9.17, 15) is 14.7 Å². The van der Waals surface area contributed by atoms with Crippen LogP contribution in [0.2, 0.25) is 0 Å². The first-order valence-corrected chi connectivity index (χ1v) is 13.7. The van der Waals surface area contributed by atoms with Gasteiger partial charge in [-0.3, -0.25) is 9.69 Å². The van der Waals surface area contributed by atoms with Gasteiger partial charge in [0.1, 0.15) is 6.10 Å². The molecular formula is C29H48N2O7. The molecule has 1 fully saturated rings. The van der Waals surface area contributed by atoms with Gasteiger partial charge < -0.3 is 24.1 Å². The molecule has 1 aliphatic rings. The van der Waals surface area contributed by atoms with E-state index in [1.165, 1.54) is 4.90 Å². The van der Waals surface area contributed by atoms with Crippen molar-refractivity contribution in [3.63, 3.8) is 0 Å². The molecule has 0 aromatic carbocycles. The molecule has 1 saturated heterocycles. The van der Waals surface area contributed by atoms with Crippen LogP contribution in [0.4, 0.5) is 4.79 Å². The number of esters is 1. The molecule has 0 saturated carbocycles. The van der Waals surface area contributed by atoms with Gasteiger partial charge in [-0.2, -0.15) is 0 Å². The average Bonchev–Trinajstić information content (AvgIpc) is 3.21. The van der Waals surface area contributed by atoms with E-state index in [2.05, 4.69) is 18.8 Å². The van der Waals surface area contributed by atoms with Crippen molar-refractivity contribution in [1.29, 1.82) is 0 Å². The Kier molecular flexibility index (Phi) is 11.7. The molecule has 0 unspecified atom stereocenters. The van der Waals surface area contributed by atoms with Crippen LogP contribution >= 0.6 is 0 Å². The van der Waals surface area contributed by atoms with Crippen LogP contribution in [0.15, 0.2) is 12.3 Å². The molecule has 0 radical (unpaired) electrons. The summed E-state index contributed by atoms with van der Waals surface area (Å²) in [7, 11) is 3.22. The summed E-state index contributed by atoms with van der Waals surface area (Å²) in [6, 6.07) is 1.48. The van der Waals surface area contributed by atoms with Gasteiger partial charge >= 0.3 is 12.1 Å². The van der Waals surface area contributed by atoms with Crippen LogP contribution in [-0.2, 0) is 20.7 Å². The zero-order valence-electron chi connectivity index (χ0n) is 24.7. The number of hydrogen-bond donors (Lipinski definition) is 1. The fraction of sp³-hybridized carbons (Fsp3) is 0.759. The van der Waals surface area contributed by atoms with Crippen LogP contribution in [0.1, 0.15) is 73.3 Å². The van der Waals surface area contributed by atoms with E-state index in [4.69, 9.17) is 18.9 Å². The normalized spacial score (nSPS) is 19.4. The maximum atomic E-state index is 12.7. The predicted octanol–water partition coefficient (Wildman–Crippen LogP) is 5.45. The standard InChI is InChI=1S/C29H48N2O7/c1-18(2)21(13-20-14-25(26(36-9)30-17-20)37-12-10-11-35-8)15-23(31(28(33)34)29(5,6)7)24-16-22(19(3)4)27(32)38-24/h14,17-19,21-24H,10-13,15-16H2,1-9H3,(H,33,34)/t21-,22+,23+,24+/m1/s1. The quantitative estimate of drug-likeness (QED) is 0.247. The van der Waals surface area contributed by atoms with Crippen LogP contribution in [-0.4, -0.2) is 72.2 Å². The topological polar surface area (TPSA) is 107 Å². The number of ether oxygens (including phenoxy) is 4. The van der Waals surface area contributed by atoms with Crippen LogP contribution < -0.4 is 9.47 Å². The molecular weight excluding hydrogens is 488 g/mol. The minimum Gasteiger partial charge on any atom is -0.488 e. The molecule has 1 aliphatic heterocycles. The van der Waals surface area contributed by atoms with Gasteiger partial charge in [-0.05, 0) is 69.4 Å². The molecule has 9 nitrogen and oxygen atoms in total. The number of hydrogen-bond acceptors (Lipinski definition) is 7. The SMILES string of the molecule is COCCCOc1cc(C[C@H](C[C@@H]([C@@H]2C[C@@H](C(C)C)C(=O)O2)N(C(=O)O)C(C)(C)C)C(C)C)cnc1OC. The molecule has 1 aromatic rings. The number of nitrogens with zero attached hydrogens (tertiary/aromatic N) is 2. The second kappa shape index (κ2) is 14.0. The highest BCUT2D eigenvalue weighted by Crippen LogP contribution is 2.37. The summed E-state index contributed by atoms with van der Waals surface area (Å²) in [4.78, 5) is 31.2. The number of carbonyl (C=O) groups is 2. The molecule has 9 heteroatoms. The third-order valence-corrected chi connectivity index (χ3v) is 7.35. The Morgan fingerprint density at radius 3 is 2.39 bits per heavy atom. The predicted molar refractivity (Wildman–Crippen MR) is 146 cm³/mol. The van der Waals surface area contributed by atoms with Crippen LogP contribution in [0.25, 0.3) is 0 Å². The smallest absolute Gasteiger partial charge is 0.408 e. The largest absolute Gasteiger partial charge is 0.488 e. The van der Waals surface area contributed by atoms with Crippen molar-refractivity contribution in [2.45, 2.75) is 91.8 Å². The highest BCUT2D eigenvalue weighted by molar-refractivity contribution is 5.75. The highest BCUT2D eigenvalue weighted by Gasteiger charge is 2.46. The zero-order valence-corrected chi connectivity index (χ0v) is 24.7. The van der Waals surface area contributed by atoms with Crippen molar-refractivity contribution in [3.05, 3.63) is 17.8 Å². The lowest BCUT2D eigenvalue weighted by Gasteiger charge is -2.43. The molecule has 2 heterocycles. The second-order valence-corrected chi connectivity index (χ2v) is 11.9. The number of methoxy groups -OCH3 is 2. The molecule has 0 spiro atoms. The third-order valence-electron chi connectivity index (χ3n) is 7.35. The fourth-order valence-corrected chi connectivity index (χ4v) is 5.19. The lowest BCUT2D eigenvalue weighted by Crippen LogP contribution is -2.56. The van der Waals surface area contributed by atoms with Gasteiger partial charge in [0.15, 0.2) is 5.75 Å². The van der Waals surface area contributed by atoms with E-state index < -0.39 is 23.8 Å². The second-order valence-electron chi connectivity index (χ2n) is 11.9. The Bertz CT molecular complexity index is 913. The summed E-state index contributed by atoms with van der Waals surface area (Å²) < 4.78 is 22.3. The molecule has 4 atom stereocenters. The number of cyclic esters (lactones) is 1. The van der Waals surface area contributed by atoms with Crippen molar-refractivity contribution in [2.75, 3.05) is 27.4 Å². The van der Waals surface area contributed by atoms with Crippen molar-refractivity contribution in [2.24, 2.45) is 23.7 Å². The van der Waals surface area contributed by atoms with Gasteiger partial charge in [-0.25, -0.2) is 9.78 Å². The maximum Gasteiger partial charge on any atom is 0.408 e. The monoisotopic (exact) mass is 536 g/mol. The molecule has 38 heavy (non-hydrogen) atoms. The lowest BCUT2D eigenvalue weighted by atomic mass is 9.80. The highest BCUT2D eigenvalue weighted by atomic mass is 16.6. The summed E-state index contributed by atoms with van der Waals surface area (Å²) in [6.07, 6.45) is 2.79. The molecule has 1 N–H and O–H groups in total. The third kappa shape index (κ3) is 8.48. The Balaban J connectivity index is 2.35. The number of carboxylic acid groups (broad SMARTS) is 1. The first-order valence-electron chi connectivity index (χ1n) is 13.7.